The Morgan fingerprint density at radius 1 is 1.17 bits per heavy atom. The second-order valence-corrected chi connectivity index (χ2v) is 6.51. The van der Waals surface area contributed by atoms with E-state index in [1.165, 1.54) is 4.31 Å². The minimum absolute atomic E-state index is 0.245. The Balaban J connectivity index is 3.99. The van der Waals surface area contributed by atoms with E-state index < -0.39 is 10.0 Å². The molecule has 0 radical (unpaired) electrons. The zero-order chi connectivity index (χ0) is 13.9. The maximum absolute atomic E-state index is 12.1. The highest BCUT2D eigenvalue weighted by molar-refractivity contribution is 7.89. The maximum Gasteiger partial charge on any atom is 0.214 e. The van der Waals surface area contributed by atoms with Gasteiger partial charge in [-0.15, -0.1) is 6.58 Å². The average molecular weight is 276 g/mol. The Morgan fingerprint density at radius 3 is 2.44 bits per heavy atom. The van der Waals surface area contributed by atoms with Crippen molar-refractivity contribution in [2.24, 2.45) is 0 Å². The number of rotatable bonds is 12. The second kappa shape index (κ2) is 10.5. The third-order valence-corrected chi connectivity index (χ3v) is 4.55. The first kappa shape index (κ1) is 17.6. The van der Waals surface area contributed by atoms with Gasteiger partial charge in [0.2, 0.25) is 10.0 Å². The lowest BCUT2D eigenvalue weighted by Crippen LogP contribution is -2.34. The lowest BCUT2D eigenvalue weighted by molar-refractivity contribution is 0.439. The van der Waals surface area contributed by atoms with Gasteiger partial charge >= 0.3 is 0 Å². The van der Waals surface area contributed by atoms with Crippen LogP contribution in [0.5, 0.6) is 0 Å². The summed E-state index contributed by atoms with van der Waals surface area (Å²) in [5.74, 6) is 0.245. The summed E-state index contributed by atoms with van der Waals surface area (Å²) in [5.41, 5.74) is 0. The molecule has 0 saturated carbocycles. The van der Waals surface area contributed by atoms with Crippen molar-refractivity contribution in [3.05, 3.63) is 12.7 Å². The summed E-state index contributed by atoms with van der Waals surface area (Å²) < 4.78 is 25.6. The highest BCUT2D eigenvalue weighted by Crippen LogP contribution is 2.06. The number of hydrogen-bond donors (Lipinski definition) is 1. The predicted molar refractivity (Wildman–Crippen MR) is 78.2 cm³/mol. The van der Waals surface area contributed by atoms with E-state index >= 15 is 0 Å². The summed E-state index contributed by atoms with van der Waals surface area (Å²) in [6.45, 7) is 10.6. The van der Waals surface area contributed by atoms with Gasteiger partial charge in [0.15, 0.2) is 0 Å². The van der Waals surface area contributed by atoms with Crippen molar-refractivity contribution in [3.8, 4) is 0 Å². The van der Waals surface area contributed by atoms with Crippen LogP contribution in [0.2, 0.25) is 0 Å². The molecule has 0 saturated heterocycles. The number of unbranched alkanes of at least 4 members (excludes halogenated alkanes) is 1. The maximum atomic E-state index is 12.1. The van der Waals surface area contributed by atoms with Crippen LogP contribution in [-0.4, -0.2) is 44.7 Å². The summed E-state index contributed by atoms with van der Waals surface area (Å²) in [6, 6.07) is 0. The summed E-state index contributed by atoms with van der Waals surface area (Å²) in [5, 5.41) is 3.28. The van der Waals surface area contributed by atoms with Crippen molar-refractivity contribution < 1.29 is 8.42 Å². The molecule has 18 heavy (non-hydrogen) atoms. The van der Waals surface area contributed by atoms with E-state index in [0.29, 0.717) is 13.1 Å². The molecule has 0 unspecified atom stereocenters. The van der Waals surface area contributed by atoms with Gasteiger partial charge in [-0.1, -0.05) is 19.9 Å². The number of nitrogens with one attached hydrogen (secondary N) is 1. The Bertz CT molecular complexity index is 302. The predicted octanol–water partition coefficient (Wildman–Crippen LogP) is 1.99. The van der Waals surface area contributed by atoms with Crippen molar-refractivity contribution in [1.29, 1.82) is 0 Å². The number of nitrogens with zero attached hydrogens (tertiary/aromatic N) is 1. The smallest absolute Gasteiger partial charge is 0.214 e. The van der Waals surface area contributed by atoms with Crippen molar-refractivity contribution >= 4 is 10.0 Å². The highest BCUT2D eigenvalue weighted by Gasteiger charge is 2.19. The molecule has 108 valence electrons. The lowest BCUT2D eigenvalue weighted by Gasteiger charge is -2.19. The van der Waals surface area contributed by atoms with Crippen molar-refractivity contribution in [2.45, 2.75) is 39.5 Å². The molecule has 0 aromatic rings. The quantitative estimate of drug-likeness (QED) is 0.438. The average Bonchev–Trinajstić information content (AvgIpc) is 2.33. The fraction of sp³-hybridized carbons (Fsp3) is 0.846. The van der Waals surface area contributed by atoms with E-state index in [2.05, 4.69) is 18.8 Å². The van der Waals surface area contributed by atoms with Gasteiger partial charge in [-0.05, 0) is 38.8 Å². The zero-order valence-corrected chi connectivity index (χ0v) is 12.6. The van der Waals surface area contributed by atoms with Gasteiger partial charge in [0.05, 0.1) is 5.75 Å². The molecule has 0 aromatic heterocycles. The van der Waals surface area contributed by atoms with Crippen LogP contribution in [0.1, 0.15) is 39.5 Å². The number of sulfonamides is 1. The van der Waals surface area contributed by atoms with Crippen LogP contribution in [0.3, 0.4) is 0 Å². The molecule has 5 heteroatoms. The first-order chi connectivity index (χ1) is 8.58. The molecule has 0 spiro atoms. The molecule has 4 nitrogen and oxygen atoms in total. The molecule has 0 atom stereocenters. The monoisotopic (exact) mass is 276 g/mol. The van der Waals surface area contributed by atoms with E-state index in [0.717, 1.165) is 38.8 Å². The molecule has 1 N–H and O–H groups in total. The molecule has 0 fully saturated rings. The third kappa shape index (κ3) is 7.84. The van der Waals surface area contributed by atoms with Crippen LogP contribution in [0.15, 0.2) is 12.7 Å². The van der Waals surface area contributed by atoms with Gasteiger partial charge in [-0.2, -0.15) is 4.31 Å². The molecular formula is C13H28N2O2S. The Hall–Kier alpha value is -0.390. The van der Waals surface area contributed by atoms with Crippen molar-refractivity contribution in [1.82, 2.24) is 9.62 Å². The summed E-state index contributed by atoms with van der Waals surface area (Å²) in [6.07, 6.45) is 5.23. The summed E-state index contributed by atoms with van der Waals surface area (Å²) in [4.78, 5) is 0. The molecule has 0 rings (SSSR count). The van der Waals surface area contributed by atoms with E-state index in [-0.39, 0.29) is 5.75 Å². The van der Waals surface area contributed by atoms with Crippen LogP contribution in [0.25, 0.3) is 0 Å². The first-order valence-electron chi connectivity index (χ1n) is 6.87. The molecule has 0 aliphatic rings. The molecule has 0 aliphatic carbocycles. The van der Waals surface area contributed by atoms with Gasteiger partial charge in [-0.3, -0.25) is 0 Å². The van der Waals surface area contributed by atoms with Crippen LogP contribution >= 0.6 is 0 Å². The molecular weight excluding hydrogens is 248 g/mol. The van der Waals surface area contributed by atoms with Crippen LogP contribution < -0.4 is 5.32 Å². The molecule has 0 bridgehead atoms. The van der Waals surface area contributed by atoms with Crippen LogP contribution in [0.4, 0.5) is 0 Å². The van der Waals surface area contributed by atoms with Crippen LogP contribution in [-0.2, 0) is 10.0 Å². The second-order valence-electron chi connectivity index (χ2n) is 4.42. The molecule has 0 heterocycles. The lowest BCUT2D eigenvalue weighted by atomic mass is 10.3. The topological polar surface area (TPSA) is 49.4 Å². The van der Waals surface area contributed by atoms with Crippen molar-refractivity contribution in [2.75, 3.05) is 31.9 Å². The normalized spacial score (nSPS) is 11.9. The van der Waals surface area contributed by atoms with Gasteiger partial charge in [0.1, 0.15) is 0 Å². The fourth-order valence-corrected chi connectivity index (χ4v) is 3.32. The van der Waals surface area contributed by atoms with Gasteiger partial charge in [-0.25, -0.2) is 8.42 Å². The number of hydrogen-bond acceptors (Lipinski definition) is 3. The Morgan fingerprint density at radius 2 is 1.89 bits per heavy atom. The minimum Gasteiger partial charge on any atom is -0.317 e. The summed E-state index contributed by atoms with van der Waals surface area (Å²) >= 11 is 0. The van der Waals surface area contributed by atoms with Gasteiger partial charge in [0, 0.05) is 13.1 Å². The largest absolute Gasteiger partial charge is 0.317 e. The standard InChI is InChI=1S/C13H28N2O2S/c1-4-9-14-10-7-8-13-18(16,17)15(11-5-2)12-6-3/h5,14H,2,4,6-13H2,1,3H3. The minimum atomic E-state index is -3.11. The van der Waals surface area contributed by atoms with E-state index in [4.69, 9.17) is 0 Å². The van der Waals surface area contributed by atoms with Gasteiger partial charge < -0.3 is 5.32 Å². The molecule has 0 amide bonds. The van der Waals surface area contributed by atoms with Crippen molar-refractivity contribution in [3.63, 3.8) is 0 Å². The van der Waals surface area contributed by atoms with E-state index in [9.17, 15) is 8.42 Å². The van der Waals surface area contributed by atoms with Crippen LogP contribution in [0, 0.1) is 0 Å². The SMILES string of the molecule is C=CCN(CCC)S(=O)(=O)CCCCNCCC. The van der Waals surface area contributed by atoms with E-state index in [1.54, 1.807) is 6.08 Å². The Kier molecular flexibility index (Phi) is 10.3. The summed E-state index contributed by atoms with van der Waals surface area (Å²) in [7, 11) is -3.11. The molecule has 0 aliphatic heterocycles. The third-order valence-electron chi connectivity index (χ3n) is 2.63. The first-order valence-corrected chi connectivity index (χ1v) is 8.48. The highest BCUT2D eigenvalue weighted by atomic mass is 32.2. The zero-order valence-electron chi connectivity index (χ0n) is 11.8. The molecule has 0 aromatic carbocycles. The van der Waals surface area contributed by atoms with Gasteiger partial charge in [0.25, 0.3) is 0 Å². The fourth-order valence-electron chi connectivity index (χ4n) is 1.70. The van der Waals surface area contributed by atoms with E-state index in [1.807, 2.05) is 6.92 Å². The Labute approximate surface area is 112 Å².